The molecule has 0 radical (unpaired) electrons. The van der Waals surface area contributed by atoms with Crippen LogP contribution in [-0.4, -0.2) is 34.0 Å². The lowest BCUT2D eigenvalue weighted by Gasteiger charge is -2.18. The maximum absolute atomic E-state index is 12.9. The molecule has 8 nitrogen and oxygen atoms in total. The Morgan fingerprint density at radius 2 is 1.62 bits per heavy atom. The van der Waals surface area contributed by atoms with Crippen molar-refractivity contribution in [2.24, 2.45) is 0 Å². The first-order valence-electron chi connectivity index (χ1n) is 10.5. The third kappa shape index (κ3) is 6.61. The molecular weight excluding hydrogens is 408 g/mol. The Bertz CT molecular complexity index is 1070. The molecule has 0 aliphatic rings. The summed E-state index contributed by atoms with van der Waals surface area (Å²) in [6.07, 6.45) is 2.46. The second kappa shape index (κ2) is 11.6. The van der Waals surface area contributed by atoms with Gasteiger partial charge in [-0.05, 0) is 37.1 Å². The van der Waals surface area contributed by atoms with Gasteiger partial charge in [0, 0.05) is 17.5 Å². The number of pyridine rings is 1. The average Bonchev–Trinajstić information content (AvgIpc) is 2.83. The molecule has 1 aromatic heterocycles. The van der Waals surface area contributed by atoms with Gasteiger partial charge in [0.2, 0.25) is 11.8 Å². The molecule has 0 fully saturated rings. The first kappa shape index (κ1) is 22.9. The van der Waals surface area contributed by atoms with Crippen molar-refractivity contribution in [2.45, 2.75) is 38.1 Å². The number of nitrogens with one attached hydrogen (secondary N) is 3. The van der Waals surface area contributed by atoms with E-state index in [0.717, 1.165) is 5.39 Å². The zero-order valence-electron chi connectivity index (χ0n) is 17.6. The summed E-state index contributed by atoms with van der Waals surface area (Å²) in [7, 11) is 0. The lowest BCUT2D eigenvalue weighted by Crippen LogP contribution is -2.44. The summed E-state index contributed by atoms with van der Waals surface area (Å²) in [6.45, 7) is 0. The molecule has 32 heavy (non-hydrogen) atoms. The minimum Gasteiger partial charge on any atom is -0.339 e. The quantitative estimate of drug-likeness (QED) is 0.221. The second-order valence-corrected chi connectivity index (χ2v) is 7.40. The number of rotatable bonds is 10. The van der Waals surface area contributed by atoms with Crippen LogP contribution in [0.1, 0.15) is 42.6 Å². The summed E-state index contributed by atoms with van der Waals surface area (Å²) in [5.41, 5.74) is 3.18. The number of hydrogen-bond acceptors (Lipinski definition) is 5. The van der Waals surface area contributed by atoms with Crippen LogP contribution < -0.4 is 16.1 Å². The number of unbranched alkanes of at least 4 members (excludes halogenated alkanes) is 2. The summed E-state index contributed by atoms with van der Waals surface area (Å²) >= 11 is 0. The third-order valence-corrected chi connectivity index (χ3v) is 5.02. The maximum atomic E-state index is 12.9. The van der Waals surface area contributed by atoms with Gasteiger partial charge in [0.05, 0.1) is 5.52 Å². The number of anilines is 1. The molecule has 2 aromatic carbocycles. The highest BCUT2D eigenvalue weighted by Crippen LogP contribution is 2.14. The zero-order chi connectivity index (χ0) is 22.8. The summed E-state index contributed by atoms with van der Waals surface area (Å²) < 4.78 is 0. The fourth-order valence-electron chi connectivity index (χ4n) is 3.31. The number of hydroxylamine groups is 1. The molecular formula is C24H26N4O4. The molecule has 0 unspecified atom stereocenters. The molecule has 0 saturated carbocycles. The number of nitrogens with zero attached hydrogens (tertiary/aromatic N) is 1. The Hall–Kier alpha value is -3.78. The van der Waals surface area contributed by atoms with Crippen LogP contribution in [0, 0.1) is 0 Å². The van der Waals surface area contributed by atoms with Gasteiger partial charge in [-0.15, -0.1) is 0 Å². The minimum absolute atomic E-state index is 0.199. The van der Waals surface area contributed by atoms with E-state index in [0.29, 0.717) is 36.9 Å². The molecule has 3 rings (SSSR count). The standard InChI is InChI=1S/C24H26N4O4/c29-22(28-32)14-6-2-5-13-20(23(30)25-18-10-3-1-4-11-18)27-24(31)21-16-15-17-9-7-8-12-19(17)26-21/h1,3-4,7-12,15-16,20,32H,2,5-6,13-14H2,(H,25,30)(H,27,31)(H,28,29)/t20-/m0/s1. The Morgan fingerprint density at radius 1 is 0.875 bits per heavy atom. The van der Waals surface area contributed by atoms with Crippen LogP contribution in [0.4, 0.5) is 5.69 Å². The normalized spacial score (nSPS) is 11.5. The van der Waals surface area contributed by atoms with Crippen molar-refractivity contribution >= 4 is 34.3 Å². The van der Waals surface area contributed by atoms with Crippen LogP contribution in [0.15, 0.2) is 66.7 Å². The van der Waals surface area contributed by atoms with Crippen molar-refractivity contribution in [1.29, 1.82) is 0 Å². The van der Waals surface area contributed by atoms with Gasteiger partial charge in [0.15, 0.2) is 0 Å². The van der Waals surface area contributed by atoms with Gasteiger partial charge in [-0.3, -0.25) is 19.6 Å². The summed E-state index contributed by atoms with van der Waals surface area (Å²) in [6, 6.07) is 19.2. The Kier molecular flexibility index (Phi) is 8.28. The average molecular weight is 434 g/mol. The molecule has 0 spiro atoms. The number of hydrogen-bond donors (Lipinski definition) is 4. The predicted octanol–water partition coefficient (Wildman–Crippen LogP) is 3.43. The van der Waals surface area contributed by atoms with Crippen molar-refractivity contribution in [1.82, 2.24) is 15.8 Å². The van der Waals surface area contributed by atoms with Gasteiger partial charge < -0.3 is 10.6 Å². The van der Waals surface area contributed by atoms with E-state index in [1.54, 1.807) is 23.7 Å². The van der Waals surface area contributed by atoms with E-state index < -0.39 is 17.9 Å². The van der Waals surface area contributed by atoms with Crippen LogP contribution in [0.3, 0.4) is 0 Å². The maximum Gasteiger partial charge on any atom is 0.270 e. The lowest BCUT2D eigenvalue weighted by molar-refractivity contribution is -0.129. The van der Waals surface area contributed by atoms with E-state index in [9.17, 15) is 14.4 Å². The minimum atomic E-state index is -0.761. The number of benzene rings is 2. The Balaban J connectivity index is 1.66. The predicted molar refractivity (Wildman–Crippen MR) is 121 cm³/mol. The van der Waals surface area contributed by atoms with Crippen LogP contribution in [0.2, 0.25) is 0 Å². The number of fused-ring (bicyclic) bond motifs is 1. The van der Waals surface area contributed by atoms with Crippen LogP contribution in [0.25, 0.3) is 10.9 Å². The summed E-state index contributed by atoms with van der Waals surface area (Å²) in [4.78, 5) is 41.2. The topological polar surface area (TPSA) is 120 Å². The van der Waals surface area contributed by atoms with E-state index >= 15 is 0 Å². The van der Waals surface area contributed by atoms with Crippen molar-refractivity contribution in [2.75, 3.05) is 5.32 Å². The summed E-state index contributed by atoms with van der Waals surface area (Å²) in [5.74, 6) is -1.19. The van der Waals surface area contributed by atoms with Gasteiger partial charge in [-0.25, -0.2) is 10.5 Å². The highest BCUT2D eigenvalue weighted by Gasteiger charge is 2.22. The molecule has 3 amide bonds. The van der Waals surface area contributed by atoms with Crippen LogP contribution in [-0.2, 0) is 9.59 Å². The zero-order valence-corrected chi connectivity index (χ0v) is 17.6. The molecule has 8 heteroatoms. The van der Waals surface area contributed by atoms with Crippen LogP contribution in [0.5, 0.6) is 0 Å². The Morgan fingerprint density at radius 3 is 2.41 bits per heavy atom. The monoisotopic (exact) mass is 434 g/mol. The van der Waals surface area contributed by atoms with Crippen molar-refractivity contribution in [3.63, 3.8) is 0 Å². The van der Waals surface area contributed by atoms with E-state index in [2.05, 4.69) is 15.6 Å². The second-order valence-electron chi connectivity index (χ2n) is 7.40. The third-order valence-electron chi connectivity index (χ3n) is 5.02. The largest absolute Gasteiger partial charge is 0.339 e. The van der Waals surface area contributed by atoms with Gasteiger partial charge >= 0.3 is 0 Å². The highest BCUT2D eigenvalue weighted by atomic mass is 16.5. The molecule has 1 atom stereocenters. The van der Waals surface area contributed by atoms with E-state index in [1.807, 2.05) is 48.5 Å². The van der Waals surface area contributed by atoms with E-state index in [-0.39, 0.29) is 18.0 Å². The molecule has 0 aliphatic carbocycles. The fraction of sp³-hybridized carbons (Fsp3) is 0.250. The van der Waals surface area contributed by atoms with Crippen molar-refractivity contribution in [3.8, 4) is 0 Å². The van der Waals surface area contributed by atoms with Crippen LogP contribution >= 0.6 is 0 Å². The molecule has 0 saturated heterocycles. The number of carbonyl (C=O) groups excluding carboxylic acids is 3. The lowest BCUT2D eigenvalue weighted by atomic mass is 10.1. The van der Waals surface area contributed by atoms with Crippen molar-refractivity contribution in [3.05, 3.63) is 72.4 Å². The number of carbonyl (C=O) groups is 3. The van der Waals surface area contributed by atoms with Gasteiger partial charge in [-0.2, -0.15) is 0 Å². The smallest absolute Gasteiger partial charge is 0.270 e. The fourth-order valence-corrected chi connectivity index (χ4v) is 3.31. The molecule has 4 N–H and O–H groups in total. The molecule has 0 aliphatic heterocycles. The van der Waals surface area contributed by atoms with E-state index in [4.69, 9.17) is 5.21 Å². The summed E-state index contributed by atoms with van der Waals surface area (Å²) in [5, 5.41) is 15.1. The molecule has 166 valence electrons. The van der Waals surface area contributed by atoms with Gasteiger partial charge in [0.25, 0.3) is 5.91 Å². The molecule has 3 aromatic rings. The van der Waals surface area contributed by atoms with Gasteiger partial charge in [-0.1, -0.05) is 55.3 Å². The molecule has 0 bridgehead atoms. The number of aromatic nitrogens is 1. The van der Waals surface area contributed by atoms with Gasteiger partial charge in [0.1, 0.15) is 11.7 Å². The SMILES string of the molecule is O=C(CCCCC[C@H](NC(=O)c1ccc2ccccc2n1)C(=O)Nc1ccccc1)NO. The first-order chi connectivity index (χ1) is 15.6. The highest BCUT2D eigenvalue weighted by molar-refractivity contribution is 6.01. The van der Waals surface area contributed by atoms with Crippen molar-refractivity contribution < 1.29 is 19.6 Å². The first-order valence-corrected chi connectivity index (χ1v) is 10.5. The number of amides is 3. The molecule has 1 heterocycles. The Labute approximate surface area is 186 Å². The van der Waals surface area contributed by atoms with E-state index in [1.165, 1.54) is 0 Å². The number of para-hydroxylation sites is 2.